The van der Waals surface area contributed by atoms with Crippen LogP contribution in [0, 0.1) is 29.6 Å². The molecule has 5 atom stereocenters. The Bertz CT molecular complexity index is 456. The third-order valence-electron chi connectivity index (χ3n) is 5.08. The van der Waals surface area contributed by atoms with E-state index in [9.17, 15) is 14.4 Å². The number of hydrogen-bond donors (Lipinski definition) is 0. The molecule has 5 unspecified atom stereocenters. The fraction of sp³-hybridized carbons (Fsp3) is 0.643. The van der Waals surface area contributed by atoms with Crippen LogP contribution in [-0.4, -0.2) is 17.9 Å². The van der Waals surface area contributed by atoms with Gasteiger partial charge in [-0.1, -0.05) is 11.1 Å². The Hall–Kier alpha value is -1.25. The van der Waals surface area contributed by atoms with Gasteiger partial charge in [-0.3, -0.25) is 9.59 Å². The molecule has 3 nitrogen and oxygen atoms in total. The van der Waals surface area contributed by atoms with E-state index in [-0.39, 0.29) is 41.2 Å². The van der Waals surface area contributed by atoms with Gasteiger partial charge in [0, 0.05) is 36.0 Å². The minimum atomic E-state index is -0.331. The maximum absolute atomic E-state index is 12.2. The fourth-order valence-corrected chi connectivity index (χ4v) is 4.14. The lowest BCUT2D eigenvalue weighted by molar-refractivity contribution is -0.157. The maximum atomic E-state index is 12.2. The Labute approximate surface area is 100 Å². The van der Waals surface area contributed by atoms with E-state index in [2.05, 4.69) is 0 Å². The highest BCUT2D eigenvalue weighted by Crippen LogP contribution is 2.55. The molecule has 0 radical (unpaired) electrons. The van der Waals surface area contributed by atoms with E-state index in [0.717, 1.165) is 12.7 Å². The molecule has 4 aliphatic rings. The molecule has 3 heteroatoms. The Balaban J connectivity index is 2.17. The Morgan fingerprint density at radius 3 is 2.41 bits per heavy atom. The van der Waals surface area contributed by atoms with E-state index in [0.29, 0.717) is 6.42 Å². The van der Waals surface area contributed by atoms with Crippen molar-refractivity contribution in [1.29, 1.82) is 0 Å². The van der Waals surface area contributed by atoms with Crippen LogP contribution in [0.2, 0.25) is 0 Å². The summed E-state index contributed by atoms with van der Waals surface area (Å²) < 4.78 is 0. The monoisotopic (exact) mass is 232 g/mol. The van der Waals surface area contributed by atoms with Crippen molar-refractivity contribution >= 4 is 17.9 Å². The van der Waals surface area contributed by atoms with Crippen LogP contribution in [0.25, 0.3) is 0 Å². The molecule has 3 saturated carbocycles. The molecule has 4 aliphatic carbocycles. The maximum Gasteiger partial charge on any atom is 0.141 e. The predicted molar refractivity (Wildman–Crippen MR) is 61.1 cm³/mol. The van der Waals surface area contributed by atoms with E-state index >= 15 is 0 Å². The minimum Gasteiger partial charge on any atom is -0.303 e. The standard InChI is InChI=1S/C14H16O3/c1-6-3-9-13-11(16)4-8(14(9)17)10(5-15)12(13)7(6)2/h5,8-10,12-13H,3-4H2,1-2H3. The van der Waals surface area contributed by atoms with Crippen molar-refractivity contribution in [3.05, 3.63) is 11.1 Å². The minimum absolute atomic E-state index is 0.00944. The van der Waals surface area contributed by atoms with E-state index in [1.54, 1.807) is 0 Å². The second-order valence-electron chi connectivity index (χ2n) is 5.72. The van der Waals surface area contributed by atoms with Crippen LogP contribution in [0.3, 0.4) is 0 Å². The highest BCUT2D eigenvalue weighted by molar-refractivity contribution is 6.02. The largest absolute Gasteiger partial charge is 0.303 e. The van der Waals surface area contributed by atoms with Gasteiger partial charge in [0.1, 0.15) is 17.9 Å². The van der Waals surface area contributed by atoms with Crippen molar-refractivity contribution in [2.45, 2.75) is 26.7 Å². The highest BCUT2D eigenvalue weighted by Gasteiger charge is 2.59. The highest BCUT2D eigenvalue weighted by atomic mass is 16.1. The second-order valence-corrected chi connectivity index (χ2v) is 5.72. The van der Waals surface area contributed by atoms with Crippen LogP contribution in [0.5, 0.6) is 0 Å². The molecule has 0 spiro atoms. The van der Waals surface area contributed by atoms with Crippen LogP contribution < -0.4 is 0 Å². The van der Waals surface area contributed by atoms with Crippen molar-refractivity contribution < 1.29 is 14.4 Å². The van der Waals surface area contributed by atoms with Gasteiger partial charge in [0.2, 0.25) is 0 Å². The van der Waals surface area contributed by atoms with Crippen molar-refractivity contribution in [3.63, 3.8) is 0 Å². The summed E-state index contributed by atoms with van der Waals surface area (Å²) in [4.78, 5) is 35.5. The fourth-order valence-electron chi connectivity index (χ4n) is 4.14. The molecule has 3 fully saturated rings. The summed E-state index contributed by atoms with van der Waals surface area (Å²) in [5.41, 5.74) is 2.37. The van der Waals surface area contributed by atoms with Crippen molar-refractivity contribution in [2.24, 2.45) is 29.6 Å². The predicted octanol–water partition coefficient (Wildman–Crippen LogP) is 1.56. The molecule has 0 saturated heterocycles. The van der Waals surface area contributed by atoms with E-state index in [4.69, 9.17) is 0 Å². The lowest BCUT2D eigenvalue weighted by Gasteiger charge is -2.52. The number of hydrogen-bond acceptors (Lipinski definition) is 3. The zero-order valence-electron chi connectivity index (χ0n) is 10.1. The number of fused-ring (bicyclic) bond motifs is 1. The van der Waals surface area contributed by atoms with Crippen molar-refractivity contribution in [3.8, 4) is 0 Å². The molecule has 0 amide bonds. The van der Waals surface area contributed by atoms with E-state index < -0.39 is 0 Å². The Kier molecular flexibility index (Phi) is 2.16. The zero-order chi connectivity index (χ0) is 12.3. The first-order chi connectivity index (χ1) is 8.06. The smallest absolute Gasteiger partial charge is 0.141 e. The lowest BCUT2D eigenvalue weighted by atomic mass is 9.49. The topological polar surface area (TPSA) is 51.2 Å². The number of carbonyl (C=O) groups excluding carboxylic acids is 3. The molecule has 4 rings (SSSR count). The van der Waals surface area contributed by atoms with Gasteiger partial charge in [0.15, 0.2) is 0 Å². The number of ketones is 2. The van der Waals surface area contributed by atoms with Gasteiger partial charge in [-0.15, -0.1) is 0 Å². The average molecular weight is 232 g/mol. The summed E-state index contributed by atoms with van der Waals surface area (Å²) in [6, 6.07) is 0. The molecule has 0 aromatic rings. The summed E-state index contributed by atoms with van der Waals surface area (Å²) in [7, 11) is 0. The summed E-state index contributed by atoms with van der Waals surface area (Å²) in [5.74, 6) is -0.545. The molecular formula is C14H16O3. The van der Waals surface area contributed by atoms with Crippen LogP contribution in [0.4, 0.5) is 0 Å². The van der Waals surface area contributed by atoms with Crippen LogP contribution in [0.1, 0.15) is 26.7 Å². The Morgan fingerprint density at radius 2 is 1.76 bits per heavy atom. The summed E-state index contributed by atoms with van der Waals surface area (Å²) in [5, 5.41) is 0. The Morgan fingerprint density at radius 1 is 1.06 bits per heavy atom. The zero-order valence-corrected chi connectivity index (χ0v) is 10.1. The molecule has 0 heterocycles. The molecule has 0 aromatic heterocycles. The molecule has 0 N–H and O–H groups in total. The van der Waals surface area contributed by atoms with Crippen molar-refractivity contribution in [1.82, 2.24) is 0 Å². The van der Waals surface area contributed by atoms with Gasteiger partial charge in [-0.05, 0) is 20.3 Å². The third-order valence-corrected chi connectivity index (χ3v) is 5.08. The number of aldehydes is 1. The summed E-state index contributed by atoms with van der Waals surface area (Å²) in [6.45, 7) is 4.04. The van der Waals surface area contributed by atoms with Crippen LogP contribution in [0.15, 0.2) is 11.1 Å². The average Bonchev–Trinajstić information content (AvgIpc) is 2.30. The molecule has 17 heavy (non-hydrogen) atoms. The van der Waals surface area contributed by atoms with Crippen LogP contribution in [-0.2, 0) is 14.4 Å². The van der Waals surface area contributed by atoms with Gasteiger partial charge in [-0.25, -0.2) is 0 Å². The number of carbonyl (C=O) groups is 3. The van der Waals surface area contributed by atoms with Gasteiger partial charge in [-0.2, -0.15) is 0 Å². The molecule has 90 valence electrons. The normalized spacial score (nSPS) is 44.2. The molecule has 4 bridgehead atoms. The molecular weight excluding hydrogens is 216 g/mol. The van der Waals surface area contributed by atoms with Gasteiger partial charge in [0.25, 0.3) is 0 Å². The number of rotatable bonds is 1. The van der Waals surface area contributed by atoms with Crippen molar-refractivity contribution in [2.75, 3.05) is 0 Å². The van der Waals surface area contributed by atoms with Gasteiger partial charge >= 0.3 is 0 Å². The van der Waals surface area contributed by atoms with E-state index in [1.165, 1.54) is 11.1 Å². The summed E-state index contributed by atoms with van der Waals surface area (Å²) >= 11 is 0. The molecule has 0 aromatic carbocycles. The first-order valence-electron chi connectivity index (χ1n) is 6.24. The first-order valence-corrected chi connectivity index (χ1v) is 6.24. The lowest BCUT2D eigenvalue weighted by Crippen LogP contribution is -2.58. The van der Waals surface area contributed by atoms with E-state index in [1.807, 2.05) is 13.8 Å². The quantitative estimate of drug-likeness (QED) is 0.509. The number of Topliss-reactive ketones (excluding diaryl/α,β-unsaturated/α-hetero) is 2. The second kappa shape index (κ2) is 3.37. The van der Waals surface area contributed by atoms with Crippen LogP contribution >= 0.6 is 0 Å². The number of allylic oxidation sites excluding steroid dienone is 2. The van der Waals surface area contributed by atoms with Gasteiger partial charge < -0.3 is 4.79 Å². The third kappa shape index (κ3) is 1.20. The SMILES string of the molecule is CC1=C(C)C2C(C=O)C3CC(=O)C2C(C1)C3=O. The van der Waals surface area contributed by atoms with Gasteiger partial charge in [0.05, 0.1) is 0 Å². The molecule has 0 aliphatic heterocycles. The first kappa shape index (κ1) is 10.9. The summed E-state index contributed by atoms with van der Waals surface area (Å²) in [6.07, 6.45) is 1.93.